The molecular weight excluding hydrogens is 422 g/mol. The smallest absolute Gasteiger partial charge is 0.174 e. The van der Waals surface area contributed by atoms with Crippen LogP contribution in [0.3, 0.4) is 0 Å². The number of benzene rings is 2. The fraction of sp³-hybridized carbons (Fsp3) is 0.120. The van der Waals surface area contributed by atoms with Crippen molar-refractivity contribution in [3.8, 4) is 11.5 Å². The minimum atomic E-state index is -0.0219. The summed E-state index contributed by atoms with van der Waals surface area (Å²) in [6.45, 7) is 2.15. The standard InChI is InChI=1S/C25H21N3OS2/c1-17-14-16-31-24(17)23-22(21-9-5-6-15-26-21)27-25(30)28(23)18-10-12-20(13-11-18)29-19-7-3-2-4-8-19/h2-16,22-23H,1H3,(H,27,30)/t22-,23+/m0/s1. The fourth-order valence-corrected chi connectivity index (χ4v) is 5.29. The van der Waals surface area contributed by atoms with E-state index in [0.717, 1.165) is 22.9 Å². The van der Waals surface area contributed by atoms with E-state index >= 15 is 0 Å². The van der Waals surface area contributed by atoms with Gasteiger partial charge in [-0.3, -0.25) is 4.98 Å². The average Bonchev–Trinajstić information content (AvgIpc) is 3.38. The molecule has 0 bridgehead atoms. The highest BCUT2D eigenvalue weighted by atomic mass is 32.1. The molecule has 31 heavy (non-hydrogen) atoms. The van der Waals surface area contributed by atoms with Crippen LogP contribution in [0.2, 0.25) is 0 Å². The molecule has 1 aliphatic rings. The number of nitrogens with zero attached hydrogens (tertiary/aromatic N) is 2. The quantitative estimate of drug-likeness (QED) is 0.360. The summed E-state index contributed by atoms with van der Waals surface area (Å²) in [5, 5.41) is 6.34. The van der Waals surface area contributed by atoms with Crippen molar-refractivity contribution < 1.29 is 4.74 Å². The molecule has 5 rings (SSSR count). The number of ether oxygens (including phenoxy) is 1. The topological polar surface area (TPSA) is 37.4 Å². The molecule has 4 aromatic rings. The van der Waals surface area contributed by atoms with Crippen LogP contribution >= 0.6 is 23.6 Å². The number of thiophene rings is 1. The van der Waals surface area contributed by atoms with E-state index in [0.29, 0.717) is 5.11 Å². The Balaban J connectivity index is 1.49. The van der Waals surface area contributed by atoms with Gasteiger partial charge in [-0.1, -0.05) is 24.3 Å². The van der Waals surface area contributed by atoms with Gasteiger partial charge in [-0.15, -0.1) is 11.3 Å². The molecule has 0 radical (unpaired) electrons. The summed E-state index contributed by atoms with van der Waals surface area (Å²) in [5.41, 5.74) is 3.26. The van der Waals surface area contributed by atoms with Crippen molar-refractivity contribution in [1.29, 1.82) is 0 Å². The van der Waals surface area contributed by atoms with Gasteiger partial charge in [0.25, 0.3) is 0 Å². The van der Waals surface area contributed by atoms with Gasteiger partial charge in [0.05, 0.1) is 17.8 Å². The van der Waals surface area contributed by atoms with E-state index < -0.39 is 0 Å². The van der Waals surface area contributed by atoms with Gasteiger partial charge in [0.15, 0.2) is 5.11 Å². The Labute approximate surface area is 191 Å². The summed E-state index contributed by atoms with van der Waals surface area (Å²) in [6, 6.07) is 26.0. The molecule has 6 heteroatoms. The average molecular weight is 444 g/mol. The Bertz CT molecular complexity index is 1180. The maximum Gasteiger partial charge on any atom is 0.174 e. The molecule has 2 atom stereocenters. The van der Waals surface area contributed by atoms with Crippen LogP contribution in [-0.2, 0) is 0 Å². The first-order chi connectivity index (χ1) is 15.2. The highest BCUT2D eigenvalue weighted by molar-refractivity contribution is 7.80. The fourth-order valence-electron chi connectivity index (χ4n) is 3.89. The van der Waals surface area contributed by atoms with Crippen molar-refractivity contribution >= 4 is 34.4 Å². The second-order valence-corrected chi connectivity index (χ2v) is 8.71. The molecule has 2 aromatic heterocycles. The predicted octanol–water partition coefficient (Wildman–Crippen LogP) is 6.42. The Hall–Kier alpha value is -3.22. The van der Waals surface area contributed by atoms with E-state index in [1.807, 2.05) is 60.8 Å². The summed E-state index contributed by atoms with van der Waals surface area (Å²) in [4.78, 5) is 8.09. The summed E-state index contributed by atoms with van der Waals surface area (Å²) >= 11 is 7.55. The molecule has 0 spiro atoms. The number of aromatic nitrogens is 1. The highest BCUT2D eigenvalue weighted by Crippen LogP contribution is 2.44. The first-order valence-electron chi connectivity index (χ1n) is 10.1. The van der Waals surface area contributed by atoms with Crippen molar-refractivity contribution in [1.82, 2.24) is 10.3 Å². The summed E-state index contributed by atoms with van der Waals surface area (Å²) < 4.78 is 5.96. The van der Waals surface area contributed by atoms with E-state index in [2.05, 4.69) is 51.8 Å². The van der Waals surface area contributed by atoms with Crippen LogP contribution in [0.25, 0.3) is 0 Å². The summed E-state index contributed by atoms with van der Waals surface area (Å²) in [5.74, 6) is 1.61. The van der Waals surface area contributed by atoms with Gasteiger partial charge in [-0.25, -0.2) is 0 Å². The van der Waals surface area contributed by atoms with Gasteiger partial charge in [-0.2, -0.15) is 0 Å². The molecule has 1 saturated heterocycles. The van der Waals surface area contributed by atoms with Crippen LogP contribution in [0.15, 0.2) is 90.4 Å². The zero-order valence-electron chi connectivity index (χ0n) is 16.9. The number of nitrogens with one attached hydrogen (secondary N) is 1. The lowest BCUT2D eigenvalue weighted by Crippen LogP contribution is -2.29. The number of thiocarbonyl (C=S) groups is 1. The van der Waals surface area contributed by atoms with E-state index in [-0.39, 0.29) is 12.1 Å². The number of hydrogen-bond donors (Lipinski definition) is 1. The molecule has 0 aliphatic carbocycles. The van der Waals surface area contributed by atoms with Gasteiger partial charge in [0, 0.05) is 16.8 Å². The molecule has 0 amide bonds. The van der Waals surface area contributed by atoms with Gasteiger partial charge in [0.2, 0.25) is 0 Å². The van der Waals surface area contributed by atoms with E-state index in [1.165, 1.54) is 10.4 Å². The monoisotopic (exact) mass is 443 g/mol. The number of aryl methyl sites for hydroxylation is 1. The van der Waals surface area contributed by atoms with Crippen LogP contribution in [0, 0.1) is 6.92 Å². The molecule has 1 aliphatic heterocycles. The molecule has 154 valence electrons. The number of hydrogen-bond acceptors (Lipinski definition) is 4. The van der Waals surface area contributed by atoms with Gasteiger partial charge < -0.3 is 15.0 Å². The Morgan fingerprint density at radius 3 is 2.35 bits per heavy atom. The van der Waals surface area contributed by atoms with Crippen molar-refractivity contribution in [2.75, 3.05) is 4.90 Å². The Morgan fingerprint density at radius 1 is 0.935 bits per heavy atom. The van der Waals surface area contributed by atoms with Gasteiger partial charge >= 0.3 is 0 Å². The number of rotatable bonds is 5. The van der Waals surface area contributed by atoms with Gasteiger partial charge in [-0.05, 0) is 84.7 Å². The highest BCUT2D eigenvalue weighted by Gasteiger charge is 2.41. The van der Waals surface area contributed by atoms with Crippen molar-refractivity contribution in [2.24, 2.45) is 0 Å². The van der Waals surface area contributed by atoms with E-state index in [9.17, 15) is 0 Å². The first-order valence-corrected chi connectivity index (χ1v) is 11.4. The maximum atomic E-state index is 5.96. The zero-order valence-corrected chi connectivity index (χ0v) is 18.6. The van der Waals surface area contributed by atoms with Crippen LogP contribution in [0.1, 0.15) is 28.2 Å². The summed E-state index contributed by atoms with van der Waals surface area (Å²) in [7, 11) is 0. The van der Waals surface area contributed by atoms with Crippen LogP contribution < -0.4 is 15.0 Å². The van der Waals surface area contributed by atoms with Crippen LogP contribution in [0.5, 0.6) is 11.5 Å². The molecule has 4 nitrogen and oxygen atoms in total. The molecule has 0 saturated carbocycles. The third-order valence-corrected chi connectivity index (χ3v) is 6.77. The molecule has 1 fully saturated rings. The van der Waals surface area contributed by atoms with Gasteiger partial charge in [0.1, 0.15) is 11.5 Å². The number of para-hydroxylation sites is 1. The summed E-state index contributed by atoms with van der Waals surface area (Å²) in [6.07, 6.45) is 1.83. The lowest BCUT2D eigenvalue weighted by molar-refractivity contribution is 0.482. The SMILES string of the molecule is Cc1ccsc1[C@H]1[C@H](c2ccccn2)NC(=S)N1c1ccc(Oc2ccccc2)cc1. The first kappa shape index (κ1) is 19.7. The zero-order chi connectivity index (χ0) is 21.2. The third kappa shape index (κ3) is 3.92. The largest absolute Gasteiger partial charge is 0.457 e. The number of anilines is 1. The lowest BCUT2D eigenvalue weighted by atomic mass is 10.0. The molecular formula is C25H21N3OS2. The Kier molecular flexibility index (Phi) is 5.40. The second kappa shape index (κ2) is 8.49. The minimum Gasteiger partial charge on any atom is -0.457 e. The predicted molar refractivity (Wildman–Crippen MR) is 130 cm³/mol. The molecule has 0 unspecified atom stereocenters. The molecule has 3 heterocycles. The Morgan fingerprint density at radius 2 is 1.68 bits per heavy atom. The maximum absolute atomic E-state index is 5.96. The normalized spacial score (nSPS) is 18.1. The number of pyridine rings is 1. The van der Waals surface area contributed by atoms with Crippen molar-refractivity contribution in [2.45, 2.75) is 19.0 Å². The lowest BCUT2D eigenvalue weighted by Gasteiger charge is -2.27. The van der Waals surface area contributed by atoms with E-state index in [4.69, 9.17) is 17.0 Å². The molecule has 2 aromatic carbocycles. The van der Waals surface area contributed by atoms with Crippen LogP contribution in [-0.4, -0.2) is 10.1 Å². The molecule has 1 N–H and O–H groups in total. The van der Waals surface area contributed by atoms with E-state index in [1.54, 1.807) is 11.3 Å². The third-order valence-electron chi connectivity index (χ3n) is 5.36. The van der Waals surface area contributed by atoms with Crippen molar-refractivity contribution in [3.63, 3.8) is 0 Å². The van der Waals surface area contributed by atoms with Crippen LogP contribution in [0.4, 0.5) is 5.69 Å². The van der Waals surface area contributed by atoms with Crippen molar-refractivity contribution in [3.05, 3.63) is 107 Å². The second-order valence-electron chi connectivity index (χ2n) is 7.37. The minimum absolute atomic E-state index is 0.0219.